The monoisotopic (exact) mass is 419 g/mol. The van der Waals surface area contributed by atoms with E-state index in [1.807, 2.05) is 66.7 Å². The van der Waals surface area contributed by atoms with E-state index >= 15 is 0 Å². The van der Waals surface area contributed by atoms with Gasteiger partial charge in [-0.3, -0.25) is 0 Å². The van der Waals surface area contributed by atoms with Gasteiger partial charge >= 0.3 is 0 Å². The molecule has 0 unspecified atom stereocenters. The molecule has 4 nitrogen and oxygen atoms in total. The maximum absolute atomic E-state index is 9.34. The number of nitriles is 1. The number of benzene rings is 2. The smallest absolute Gasteiger partial charge is 0.144 e. The molecular formula is C22H18BrN3O. The van der Waals surface area contributed by atoms with Crippen molar-refractivity contribution in [3.8, 4) is 11.8 Å². The number of anilines is 1. The van der Waals surface area contributed by atoms with Crippen LogP contribution in [0, 0.1) is 11.3 Å². The lowest BCUT2D eigenvalue weighted by Gasteiger charge is -2.09. The zero-order chi connectivity index (χ0) is 19.1. The molecule has 27 heavy (non-hydrogen) atoms. The predicted molar refractivity (Wildman–Crippen MR) is 112 cm³/mol. The predicted octanol–water partition coefficient (Wildman–Crippen LogP) is 5.51. The summed E-state index contributed by atoms with van der Waals surface area (Å²) in [6, 6.07) is 21.6. The van der Waals surface area contributed by atoms with Crippen LogP contribution in [0.2, 0.25) is 0 Å². The molecule has 1 heterocycles. The van der Waals surface area contributed by atoms with Gasteiger partial charge in [0.1, 0.15) is 17.6 Å². The maximum Gasteiger partial charge on any atom is 0.144 e. The lowest BCUT2D eigenvalue weighted by molar-refractivity contribution is 0.414. The minimum atomic E-state index is 0.517. The van der Waals surface area contributed by atoms with E-state index in [0.717, 1.165) is 27.0 Å². The molecule has 0 aliphatic carbocycles. The first-order valence-electron chi connectivity index (χ1n) is 8.39. The van der Waals surface area contributed by atoms with Gasteiger partial charge in [0.05, 0.1) is 18.4 Å². The minimum Gasteiger partial charge on any atom is -0.497 e. The van der Waals surface area contributed by atoms with E-state index in [1.54, 1.807) is 13.2 Å². The number of hydrogen-bond acceptors (Lipinski definition) is 4. The van der Waals surface area contributed by atoms with Gasteiger partial charge in [0.25, 0.3) is 0 Å². The molecule has 0 saturated heterocycles. The highest BCUT2D eigenvalue weighted by molar-refractivity contribution is 9.10. The average Bonchev–Trinajstić information content (AvgIpc) is 2.71. The van der Waals surface area contributed by atoms with Crippen LogP contribution in [-0.4, -0.2) is 12.1 Å². The van der Waals surface area contributed by atoms with Crippen molar-refractivity contribution < 1.29 is 4.74 Å². The van der Waals surface area contributed by atoms with Crippen molar-refractivity contribution in [3.63, 3.8) is 0 Å². The number of aromatic nitrogens is 1. The molecule has 1 aromatic heterocycles. The van der Waals surface area contributed by atoms with Crippen molar-refractivity contribution in [3.05, 3.63) is 87.5 Å². The summed E-state index contributed by atoms with van der Waals surface area (Å²) in [6.07, 6.45) is 3.92. The van der Waals surface area contributed by atoms with Crippen LogP contribution in [0.15, 0.2) is 65.1 Å². The Balaban J connectivity index is 1.75. The van der Waals surface area contributed by atoms with Crippen LogP contribution in [0.5, 0.6) is 5.75 Å². The molecule has 0 spiro atoms. The normalized spacial score (nSPS) is 10.6. The van der Waals surface area contributed by atoms with E-state index in [4.69, 9.17) is 4.74 Å². The van der Waals surface area contributed by atoms with Gasteiger partial charge < -0.3 is 10.1 Å². The largest absolute Gasteiger partial charge is 0.497 e. The van der Waals surface area contributed by atoms with E-state index in [9.17, 15) is 5.26 Å². The van der Waals surface area contributed by atoms with Crippen LogP contribution in [0.25, 0.3) is 12.2 Å². The second kappa shape index (κ2) is 9.02. The highest BCUT2D eigenvalue weighted by Crippen LogP contribution is 2.18. The zero-order valence-corrected chi connectivity index (χ0v) is 16.4. The van der Waals surface area contributed by atoms with Crippen LogP contribution in [0.3, 0.4) is 0 Å². The number of nitrogens with zero attached hydrogens (tertiary/aromatic N) is 2. The Labute approximate surface area is 167 Å². The quantitative estimate of drug-likeness (QED) is 0.572. The van der Waals surface area contributed by atoms with Gasteiger partial charge in [0, 0.05) is 11.0 Å². The minimum absolute atomic E-state index is 0.517. The van der Waals surface area contributed by atoms with Gasteiger partial charge in [0.2, 0.25) is 0 Å². The topological polar surface area (TPSA) is 57.9 Å². The molecule has 2 aromatic carbocycles. The Kier molecular flexibility index (Phi) is 6.24. The van der Waals surface area contributed by atoms with Crippen molar-refractivity contribution in [2.75, 3.05) is 12.4 Å². The summed E-state index contributed by atoms with van der Waals surface area (Å²) in [5, 5.41) is 12.6. The van der Waals surface area contributed by atoms with E-state index in [2.05, 4.69) is 32.3 Å². The number of nitrogens with one attached hydrogen (secondary N) is 1. The Morgan fingerprint density at radius 1 is 1.11 bits per heavy atom. The van der Waals surface area contributed by atoms with Crippen LogP contribution in [0.4, 0.5) is 5.82 Å². The third-order valence-electron chi connectivity index (χ3n) is 3.95. The molecule has 0 aliphatic rings. The van der Waals surface area contributed by atoms with Crippen LogP contribution in [0.1, 0.15) is 22.4 Å². The molecule has 5 heteroatoms. The Hall–Kier alpha value is -3.10. The molecule has 0 bridgehead atoms. The maximum atomic E-state index is 9.34. The second-order valence-corrected chi connectivity index (χ2v) is 6.75. The molecule has 0 atom stereocenters. The van der Waals surface area contributed by atoms with Crippen molar-refractivity contribution in [2.24, 2.45) is 0 Å². The van der Waals surface area contributed by atoms with Crippen molar-refractivity contribution in [1.82, 2.24) is 4.98 Å². The SMILES string of the molecule is COc1ccc(CNc2nc(/C=C/c3cccc(Br)c3)ccc2C#N)cc1. The zero-order valence-electron chi connectivity index (χ0n) is 14.8. The molecule has 3 rings (SSSR count). The van der Waals surface area contributed by atoms with Crippen molar-refractivity contribution in [1.29, 1.82) is 5.26 Å². The first-order chi connectivity index (χ1) is 13.2. The molecule has 0 fully saturated rings. The van der Waals surface area contributed by atoms with Gasteiger partial charge in [-0.15, -0.1) is 0 Å². The van der Waals surface area contributed by atoms with Gasteiger partial charge in [-0.2, -0.15) is 5.26 Å². The first kappa shape index (κ1) is 18.7. The number of rotatable bonds is 6. The molecule has 1 N–H and O–H groups in total. The summed E-state index contributed by atoms with van der Waals surface area (Å²) in [7, 11) is 1.64. The van der Waals surface area contributed by atoms with E-state index in [1.165, 1.54) is 0 Å². The fraction of sp³-hybridized carbons (Fsp3) is 0.0909. The summed E-state index contributed by atoms with van der Waals surface area (Å²) < 4.78 is 6.20. The molecule has 0 aliphatic heterocycles. The molecule has 0 amide bonds. The third kappa shape index (κ3) is 5.19. The number of methoxy groups -OCH3 is 1. The highest BCUT2D eigenvalue weighted by atomic mass is 79.9. The molecule has 0 saturated carbocycles. The van der Waals surface area contributed by atoms with Crippen LogP contribution in [-0.2, 0) is 6.54 Å². The van der Waals surface area contributed by atoms with E-state index < -0.39 is 0 Å². The molecule has 3 aromatic rings. The van der Waals surface area contributed by atoms with Crippen molar-refractivity contribution in [2.45, 2.75) is 6.54 Å². The fourth-order valence-electron chi connectivity index (χ4n) is 2.51. The first-order valence-corrected chi connectivity index (χ1v) is 9.19. The number of hydrogen-bond donors (Lipinski definition) is 1. The Morgan fingerprint density at radius 2 is 1.93 bits per heavy atom. The Bertz CT molecular complexity index is 991. The molecule has 0 radical (unpaired) electrons. The van der Waals surface area contributed by atoms with Crippen LogP contribution < -0.4 is 10.1 Å². The average molecular weight is 420 g/mol. The number of pyridine rings is 1. The van der Waals surface area contributed by atoms with E-state index in [-0.39, 0.29) is 0 Å². The second-order valence-electron chi connectivity index (χ2n) is 5.83. The third-order valence-corrected chi connectivity index (χ3v) is 4.44. The lowest BCUT2D eigenvalue weighted by atomic mass is 10.1. The van der Waals surface area contributed by atoms with E-state index in [0.29, 0.717) is 17.9 Å². The standard InChI is InChI=1S/C22H18BrN3O/c1-27-21-11-6-17(7-12-21)15-25-22-18(14-24)8-10-20(26-22)9-5-16-3-2-4-19(23)13-16/h2-13H,15H2,1H3,(H,25,26)/b9-5+. The van der Waals surface area contributed by atoms with Gasteiger partial charge in [-0.1, -0.05) is 46.3 Å². The summed E-state index contributed by atoms with van der Waals surface area (Å²) in [5.74, 6) is 1.39. The fourth-order valence-corrected chi connectivity index (χ4v) is 2.93. The van der Waals surface area contributed by atoms with Crippen molar-refractivity contribution >= 4 is 33.9 Å². The molecule has 134 valence electrons. The Morgan fingerprint density at radius 3 is 2.63 bits per heavy atom. The lowest BCUT2D eigenvalue weighted by Crippen LogP contribution is -2.04. The van der Waals surface area contributed by atoms with Gasteiger partial charge in [-0.05, 0) is 53.6 Å². The van der Waals surface area contributed by atoms with Gasteiger partial charge in [-0.25, -0.2) is 4.98 Å². The summed E-state index contributed by atoms with van der Waals surface area (Å²) >= 11 is 3.47. The number of ether oxygens (including phenoxy) is 1. The molecular weight excluding hydrogens is 402 g/mol. The summed E-state index contributed by atoms with van der Waals surface area (Å²) in [5.41, 5.74) is 3.45. The van der Waals surface area contributed by atoms with Crippen LogP contribution >= 0.6 is 15.9 Å². The highest BCUT2D eigenvalue weighted by Gasteiger charge is 2.05. The summed E-state index contributed by atoms with van der Waals surface area (Å²) in [4.78, 5) is 4.57. The van der Waals surface area contributed by atoms with Gasteiger partial charge in [0.15, 0.2) is 0 Å². The number of halogens is 1. The summed E-state index contributed by atoms with van der Waals surface area (Å²) in [6.45, 7) is 0.574.